The van der Waals surface area contributed by atoms with Gasteiger partial charge in [0.15, 0.2) is 12.0 Å². The van der Waals surface area contributed by atoms with Crippen LogP contribution in [0.4, 0.5) is 0 Å². The second-order valence-electron chi connectivity index (χ2n) is 1.91. The molecule has 0 bridgehead atoms. The topological polar surface area (TPSA) is 29.0 Å². The van der Waals surface area contributed by atoms with Crippen LogP contribution in [0, 0.1) is 0 Å². The molecular formula is C5H11N2+. The zero-order valence-electron chi connectivity index (χ0n) is 4.81. The van der Waals surface area contributed by atoms with Crippen LogP contribution in [-0.2, 0) is 0 Å². The van der Waals surface area contributed by atoms with Gasteiger partial charge in [-0.2, -0.15) is 4.99 Å². The van der Waals surface area contributed by atoms with Gasteiger partial charge in [-0.15, -0.1) is 0 Å². The summed E-state index contributed by atoms with van der Waals surface area (Å²) >= 11 is 0. The van der Waals surface area contributed by atoms with Gasteiger partial charge in [-0.25, -0.2) is 0 Å². The molecule has 0 aromatic rings. The standard InChI is InChI=1S/C5H10N2/c1-3-5-6-4(2)7-5/h5H,3H2,1-2H3,(H,6,7)/p+1. The van der Waals surface area contributed by atoms with Gasteiger partial charge in [-0.05, 0) is 0 Å². The summed E-state index contributed by atoms with van der Waals surface area (Å²) in [6, 6.07) is 0. The lowest BCUT2D eigenvalue weighted by atomic mass is 10.3. The summed E-state index contributed by atoms with van der Waals surface area (Å²) in [5.74, 6) is 1.20. The Morgan fingerprint density at radius 3 is 2.57 bits per heavy atom. The summed E-state index contributed by atoms with van der Waals surface area (Å²) in [6.45, 7) is 4.18. The van der Waals surface area contributed by atoms with Crippen molar-refractivity contribution in [2.75, 3.05) is 0 Å². The van der Waals surface area contributed by atoms with Crippen LogP contribution in [0.25, 0.3) is 0 Å². The highest BCUT2D eigenvalue weighted by Crippen LogP contribution is 1.91. The summed E-state index contributed by atoms with van der Waals surface area (Å²) in [7, 11) is 0. The number of nitrogens with two attached hydrogens (primary N) is 1. The number of nitrogens with zero attached hydrogens (tertiary/aromatic N) is 1. The Balaban J connectivity index is 2.31. The minimum Gasteiger partial charge on any atom is -0.280 e. The molecule has 0 fully saturated rings. The van der Waals surface area contributed by atoms with Crippen LogP contribution in [0.5, 0.6) is 0 Å². The van der Waals surface area contributed by atoms with Crippen LogP contribution in [-0.4, -0.2) is 12.0 Å². The van der Waals surface area contributed by atoms with Crippen molar-refractivity contribution in [3.63, 3.8) is 0 Å². The molecule has 7 heavy (non-hydrogen) atoms. The van der Waals surface area contributed by atoms with E-state index in [1.165, 1.54) is 5.84 Å². The molecule has 0 saturated carbocycles. The van der Waals surface area contributed by atoms with Crippen LogP contribution < -0.4 is 5.32 Å². The third-order valence-corrected chi connectivity index (χ3v) is 1.22. The van der Waals surface area contributed by atoms with E-state index in [0.29, 0.717) is 6.17 Å². The van der Waals surface area contributed by atoms with E-state index in [1.807, 2.05) is 6.92 Å². The molecule has 1 aliphatic rings. The fraction of sp³-hybridized carbons (Fsp3) is 0.800. The summed E-state index contributed by atoms with van der Waals surface area (Å²) in [6.07, 6.45) is 1.72. The van der Waals surface area contributed by atoms with E-state index < -0.39 is 0 Å². The Labute approximate surface area is 43.6 Å². The molecule has 2 nitrogen and oxygen atoms in total. The predicted molar refractivity (Wildman–Crippen MR) is 29.1 cm³/mol. The molecule has 0 aromatic heterocycles. The van der Waals surface area contributed by atoms with Gasteiger partial charge in [-0.3, -0.25) is 5.32 Å². The first kappa shape index (κ1) is 4.78. The molecule has 0 aromatic carbocycles. The highest BCUT2D eigenvalue weighted by Gasteiger charge is 2.18. The first-order valence-electron chi connectivity index (χ1n) is 2.72. The maximum Gasteiger partial charge on any atom is 0.198 e. The molecule has 0 saturated heterocycles. The van der Waals surface area contributed by atoms with Crippen molar-refractivity contribution in [3.8, 4) is 0 Å². The quantitative estimate of drug-likeness (QED) is 0.468. The lowest BCUT2D eigenvalue weighted by Crippen LogP contribution is -2.98. The molecule has 0 spiro atoms. The summed E-state index contributed by atoms with van der Waals surface area (Å²) in [4.78, 5) is 4.20. The van der Waals surface area contributed by atoms with Crippen molar-refractivity contribution in [2.24, 2.45) is 4.99 Å². The van der Waals surface area contributed by atoms with E-state index in [9.17, 15) is 0 Å². The largest absolute Gasteiger partial charge is 0.280 e. The molecular weight excluding hydrogens is 88.1 g/mol. The normalized spacial score (nSPS) is 28.9. The molecule has 0 aliphatic carbocycles. The second kappa shape index (κ2) is 1.62. The fourth-order valence-corrected chi connectivity index (χ4v) is 0.747. The Kier molecular flexibility index (Phi) is 1.11. The van der Waals surface area contributed by atoms with Gasteiger partial charge in [0, 0.05) is 13.3 Å². The van der Waals surface area contributed by atoms with E-state index in [-0.39, 0.29) is 0 Å². The lowest BCUT2D eigenvalue weighted by Gasteiger charge is -2.15. The molecule has 1 atom stereocenters. The number of hydrogen-bond acceptors (Lipinski definition) is 1. The summed E-state index contributed by atoms with van der Waals surface area (Å²) < 4.78 is 0. The van der Waals surface area contributed by atoms with Crippen molar-refractivity contribution >= 4 is 5.84 Å². The summed E-state index contributed by atoms with van der Waals surface area (Å²) in [5, 5.41) is 2.19. The maximum absolute atomic E-state index is 4.20. The van der Waals surface area contributed by atoms with Crippen LogP contribution in [0.1, 0.15) is 20.3 Å². The predicted octanol–water partition coefficient (Wildman–Crippen LogP) is -0.282. The smallest absolute Gasteiger partial charge is 0.198 e. The molecule has 2 heteroatoms. The van der Waals surface area contributed by atoms with Crippen molar-refractivity contribution in [1.29, 1.82) is 0 Å². The van der Waals surface area contributed by atoms with E-state index >= 15 is 0 Å². The third-order valence-electron chi connectivity index (χ3n) is 1.22. The van der Waals surface area contributed by atoms with Crippen LogP contribution in [0.3, 0.4) is 0 Å². The average Bonchev–Trinajstić information content (AvgIpc) is 1.58. The lowest BCUT2D eigenvalue weighted by molar-refractivity contribution is -0.608. The minimum absolute atomic E-state index is 0.556. The van der Waals surface area contributed by atoms with Gasteiger partial charge in [0.1, 0.15) is 0 Å². The van der Waals surface area contributed by atoms with Gasteiger partial charge in [-0.1, -0.05) is 6.92 Å². The first-order valence-corrected chi connectivity index (χ1v) is 2.72. The van der Waals surface area contributed by atoms with Crippen LogP contribution in [0.15, 0.2) is 4.99 Å². The first-order chi connectivity index (χ1) is 3.33. The van der Waals surface area contributed by atoms with Crippen LogP contribution >= 0.6 is 0 Å². The van der Waals surface area contributed by atoms with Crippen molar-refractivity contribution in [1.82, 2.24) is 0 Å². The molecule has 2 N–H and O–H groups in total. The molecule has 1 aliphatic heterocycles. The fourth-order valence-electron chi connectivity index (χ4n) is 0.747. The molecule has 1 unspecified atom stereocenters. The monoisotopic (exact) mass is 99.1 g/mol. The Morgan fingerprint density at radius 2 is 2.43 bits per heavy atom. The average molecular weight is 99.2 g/mol. The van der Waals surface area contributed by atoms with E-state index in [4.69, 9.17) is 0 Å². The number of hydrogen-bond donors (Lipinski definition) is 1. The number of rotatable bonds is 1. The Hall–Kier alpha value is -0.370. The van der Waals surface area contributed by atoms with Gasteiger partial charge in [0.2, 0.25) is 0 Å². The zero-order chi connectivity index (χ0) is 5.28. The number of quaternary nitrogens is 1. The number of aliphatic imine (C=N–C) groups is 1. The van der Waals surface area contributed by atoms with Gasteiger partial charge >= 0.3 is 0 Å². The van der Waals surface area contributed by atoms with Gasteiger partial charge in [0.05, 0.1) is 0 Å². The SMILES string of the molecule is CCC1N=C(C)[NH2+]1. The Morgan fingerprint density at radius 1 is 1.86 bits per heavy atom. The third kappa shape index (κ3) is 0.800. The van der Waals surface area contributed by atoms with Crippen molar-refractivity contribution in [3.05, 3.63) is 0 Å². The molecule has 1 rings (SSSR count). The van der Waals surface area contributed by atoms with E-state index in [2.05, 4.69) is 17.2 Å². The second-order valence-corrected chi connectivity index (χ2v) is 1.91. The molecule has 0 amide bonds. The summed E-state index contributed by atoms with van der Waals surface area (Å²) in [5.41, 5.74) is 0. The zero-order valence-corrected chi connectivity index (χ0v) is 4.81. The molecule has 40 valence electrons. The van der Waals surface area contributed by atoms with Crippen LogP contribution in [0.2, 0.25) is 0 Å². The molecule has 1 heterocycles. The highest BCUT2D eigenvalue weighted by molar-refractivity contribution is 5.72. The van der Waals surface area contributed by atoms with Gasteiger partial charge in [0.25, 0.3) is 0 Å². The van der Waals surface area contributed by atoms with Gasteiger partial charge < -0.3 is 0 Å². The molecule has 0 radical (unpaired) electrons. The van der Waals surface area contributed by atoms with E-state index in [0.717, 1.165) is 6.42 Å². The maximum atomic E-state index is 4.20. The minimum atomic E-state index is 0.556. The van der Waals surface area contributed by atoms with E-state index in [1.54, 1.807) is 0 Å². The van der Waals surface area contributed by atoms with Crippen molar-refractivity contribution < 1.29 is 5.32 Å². The highest BCUT2D eigenvalue weighted by atomic mass is 15.2. The Bertz CT molecular complexity index is 96.3. The number of amidine groups is 1. The van der Waals surface area contributed by atoms with Crippen molar-refractivity contribution in [2.45, 2.75) is 26.4 Å².